The van der Waals surface area contributed by atoms with Crippen molar-refractivity contribution in [2.24, 2.45) is 0 Å². The minimum Gasteiger partial charge on any atom is -0.481 e. The molecule has 1 saturated heterocycles. The standard InChI is InChI=1S/C26H27F2N5O2/c1-17(25(34)32-21-5-7-24(35-3)31-14-21)22-11-19(4-6-23(22)29-2)20-10-18(12-30-13-20)15-33-9-8-26(27,28)16-33/h4-7,10-14,29H,1,8-9,15-16H2,2-3H3,(H,32,34). The Kier molecular flexibility index (Phi) is 7.07. The van der Waals surface area contributed by atoms with Crippen molar-refractivity contribution in [2.45, 2.75) is 18.9 Å². The van der Waals surface area contributed by atoms with Crippen molar-refractivity contribution < 1.29 is 18.3 Å². The highest BCUT2D eigenvalue weighted by Crippen LogP contribution is 2.31. The van der Waals surface area contributed by atoms with E-state index in [1.54, 1.807) is 36.5 Å². The molecule has 0 aliphatic carbocycles. The molecule has 7 nitrogen and oxygen atoms in total. The number of hydrogen-bond donors (Lipinski definition) is 2. The Morgan fingerprint density at radius 1 is 1.17 bits per heavy atom. The number of alkyl halides is 2. The van der Waals surface area contributed by atoms with Gasteiger partial charge in [0.2, 0.25) is 5.88 Å². The molecule has 182 valence electrons. The molecular weight excluding hydrogens is 452 g/mol. The molecule has 0 radical (unpaired) electrons. The van der Waals surface area contributed by atoms with Crippen molar-refractivity contribution in [1.82, 2.24) is 14.9 Å². The summed E-state index contributed by atoms with van der Waals surface area (Å²) in [5.74, 6) is -2.56. The van der Waals surface area contributed by atoms with E-state index in [2.05, 4.69) is 27.2 Å². The summed E-state index contributed by atoms with van der Waals surface area (Å²) in [6.07, 6.45) is 4.79. The van der Waals surface area contributed by atoms with Crippen LogP contribution < -0.4 is 15.4 Å². The second-order valence-corrected chi connectivity index (χ2v) is 8.43. The van der Waals surface area contributed by atoms with Gasteiger partial charge in [-0.15, -0.1) is 0 Å². The lowest BCUT2D eigenvalue weighted by molar-refractivity contribution is -0.111. The van der Waals surface area contributed by atoms with Gasteiger partial charge in [0.15, 0.2) is 0 Å². The van der Waals surface area contributed by atoms with Crippen molar-refractivity contribution in [1.29, 1.82) is 0 Å². The molecule has 2 N–H and O–H groups in total. The topological polar surface area (TPSA) is 79.4 Å². The first-order valence-electron chi connectivity index (χ1n) is 11.1. The van der Waals surface area contributed by atoms with Gasteiger partial charge in [0, 0.05) is 67.4 Å². The highest BCUT2D eigenvalue weighted by Gasteiger charge is 2.37. The molecule has 1 aliphatic rings. The quantitative estimate of drug-likeness (QED) is 0.457. The molecule has 1 aliphatic heterocycles. The lowest BCUT2D eigenvalue weighted by atomic mass is 9.97. The Bertz CT molecular complexity index is 1230. The number of benzene rings is 1. The number of rotatable bonds is 8. The number of halogens is 2. The maximum atomic E-state index is 13.6. The van der Waals surface area contributed by atoms with Crippen LogP contribution in [0.4, 0.5) is 20.2 Å². The smallest absolute Gasteiger partial charge is 0.261 e. The Hall–Kier alpha value is -3.85. The number of ether oxygens (including phenoxy) is 1. The maximum absolute atomic E-state index is 13.6. The van der Waals surface area contributed by atoms with Crippen molar-refractivity contribution in [3.8, 4) is 17.0 Å². The van der Waals surface area contributed by atoms with Crippen LogP contribution in [-0.2, 0) is 11.3 Å². The first-order chi connectivity index (χ1) is 16.8. The van der Waals surface area contributed by atoms with Crippen molar-refractivity contribution >= 4 is 22.9 Å². The molecule has 3 aromatic rings. The minimum absolute atomic E-state index is 0.119. The zero-order valence-corrected chi connectivity index (χ0v) is 19.6. The number of aromatic nitrogens is 2. The van der Waals surface area contributed by atoms with E-state index in [-0.39, 0.29) is 24.4 Å². The predicted octanol–water partition coefficient (Wildman–Crippen LogP) is 4.69. The van der Waals surface area contributed by atoms with E-state index in [0.717, 1.165) is 22.4 Å². The SMILES string of the molecule is C=C(C(=O)Nc1ccc(OC)nc1)c1cc(-c2cncc(CN3CCC(F)(F)C3)c2)ccc1NC. The van der Waals surface area contributed by atoms with Gasteiger partial charge < -0.3 is 15.4 Å². The second-order valence-electron chi connectivity index (χ2n) is 8.43. The summed E-state index contributed by atoms with van der Waals surface area (Å²) in [5, 5.41) is 5.89. The number of likely N-dealkylation sites (tertiary alicyclic amines) is 1. The van der Waals surface area contributed by atoms with Crippen LogP contribution in [-0.4, -0.2) is 53.9 Å². The van der Waals surface area contributed by atoms with Gasteiger partial charge >= 0.3 is 0 Å². The summed E-state index contributed by atoms with van der Waals surface area (Å²) in [6.45, 7) is 4.53. The summed E-state index contributed by atoms with van der Waals surface area (Å²) in [6, 6.07) is 10.9. The Morgan fingerprint density at radius 3 is 2.66 bits per heavy atom. The van der Waals surface area contributed by atoms with Crippen molar-refractivity contribution in [2.75, 3.05) is 37.9 Å². The number of carbonyl (C=O) groups is 1. The third-order valence-corrected chi connectivity index (χ3v) is 5.87. The van der Waals surface area contributed by atoms with E-state index in [0.29, 0.717) is 30.2 Å². The monoisotopic (exact) mass is 479 g/mol. The van der Waals surface area contributed by atoms with Gasteiger partial charge in [-0.25, -0.2) is 13.8 Å². The Morgan fingerprint density at radius 2 is 2.00 bits per heavy atom. The molecule has 0 saturated carbocycles. The third-order valence-electron chi connectivity index (χ3n) is 5.87. The Labute approximate surface area is 202 Å². The van der Waals surface area contributed by atoms with Crippen LogP contribution in [0.1, 0.15) is 17.5 Å². The van der Waals surface area contributed by atoms with Crippen LogP contribution in [0.5, 0.6) is 5.88 Å². The average Bonchev–Trinajstić information content (AvgIpc) is 3.21. The fourth-order valence-electron chi connectivity index (χ4n) is 4.03. The molecule has 1 fully saturated rings. The largest absolute Gasteiger partial charge is 0.481 e. The van der Waals surface area contributed by atoms with Crippen LogP contribution in [0.3, 0.4) is 0 Å². The highest BCUT2D eigenvalue weighted by molar-refractivity contribution is 6.25. The number of anilines is 2. The molecule has 35 heavy (non-hydrogen) atoms. The molecule has 0 atom stereocenters. The van der Waals surface area contributed by atoms with Crippen LogP contribution in [0.15, 0.2) is 61.6 Å². The van der Waals surface area contributed by atoms with E-state index in [4.69, 9.17) is 4.74 Å². The third kappa shape index (κ3) is 5.81. The van der Waals surface area contributed by atoms with Crippen molar-refractivity contribution in [3.63, 3.8) is 0 Å². The number of pyridine rings is 2. The number of methoxy groups -OCH3 is 1. The summed E-state index contributed by atoms with van der Waals surface area (Å²) >= 11 is 0. The molecule has 2 aromatic heterocycles. The molecule has 9 heteroatoms. The number of nitrogens with one attached hydrogen (secondary N) is 2. The van der Waals surface area contributed by atoms with E-state index in [1.165, 1.54) is 13.3 Å². The van der Waals surface area contributed by atoms with Gasteiger partial charge in [-0.05, 0) is 35.4 Å². The van der Waals surface area contributed by atoms with E-state index >= 15 is 0 Å². The first-order valence-corrected chi connectivity index (χ1v) is 11.1. The number of nitrogens with zero attached hydrogens (tertiary/aromatic N) is 3. The molecule has 0 unspecified atom stereocenters. The van der Waals surface area contributed by atoms with Gasteiger partial charge in [-0.1, -0.05) is 12.6 Å². The van der Waals surface area contributed by atoms with E-state index in [1.807, 2.05) is 24.3 Å². The molecular formula is C26H27F2N5O2. The molecule has 0 bridgehead atoms. The lowest BCUT2D eigenvalue weighted by Gasteiger charge is -2.16. The molecule has 1 amide bonds. The average molecular weight is 480 g/mol. The van der Waals surface area contributed by atoms with E-state index in [9.17, 15) is 13.6 Å². The van der Waals surface area contributed by atoms with Crippen LogP contribution in [0.25, 0.3) is 16.7 Å². The van der Waals surface area contributed by atoms with Crippen LogP contribution >= 0.6 is 0 Å². The van der Waals surface area contributed by atoms with Crippen LogP contribution in [0, 0.1) is 0 Å². The number of amides is 1. The minimum atomic E-state index is -2.63. The van der Waals surface area contributed by atoms with Gasteiger partial charge in [-0.2, -0.15) is 0 Å². The Balaban J connectivity index is 1.54. The molecule has 1 aromatic carbocycles. The molecule has 4 rings (SSSR count). The van der Waals surface area contributed by atoms with Crippen molar-refractivity contribution in [3.05, 3.63) is 72.7 Å². The number of carbonyl (C=O) groups excluding carboxylic acids is 1. The van der Waals surface area contributed by atoms with Crippen LogP contribution in [0.2, 0.25) is 0 Å². The van der Waals surface area contributed by atoms with Gasteiger partial charge in [0.25, 0.3) is 11.8 Å². The fourth-order valence-corrected chi connectivity index (χ4v) is 4.03. The van der Waals surface area contributed by atoms with Gasteiger partial charge in [0.1, 0.15) is 0 Å². The van der Waals surface area contributed by atoms with Gasteiger partial charge in [0.05, 0.1) is 25.5 Å². The summed E-state index contributed by atoms with van der Waals surface area (Å²) in [7, 11) is 3.29. The zero-order valence-electron chi connectivity index (χ0n) is 19.6. The summed E-state index contributed by atoms with van der Waals surface area (Å²) in [4.78, 5) is 23.0. The lowest BCUT2D eigenvalue weighted by Crippen LogP contribution is -2.24. The molecule has 3 heterocycles. The zero-order chi connectivity index (χ0) is 25.0. The predicted molar refractivity (Wildman–Crippen MR) is 133 cm³/mol. The number of hydrogen-bond acceptors (Lipinski definition) is 6. The fraction of sp³-hybridized carbons (Fsp3) is 0.269. The second kappa shape index (κ2) is 10.2. The van der Waals surface area contributed by atoms with E-state index < -0.39 is 5.92 Å². The highest BCUT2D eigenvalue weighted by atomic mass is 19.3. The summed E-state index contributed by atoms with van der Waals surface area (Å²) in [5.41, 5.74) is 4.67. The maximum Gasteiger partial charge on any atom is 0.261 e. The first kappa shape index (κ1) is 24.3. The molecule has 0 spiro atoms. The van der Waals surface area contributed by atoms with Gasteiger partial charge in [-0.3, -0.25) is 14.7 Å². The normalized spacial score (nSPS) is 15.0. The summed E-state index contributed by atoms with van der Waals surface area (Å²) < 4.78 is 32.2.